The van der Waals surface area contributed by atoms with Crippen LogP contribution in [0.1, 0.15) is 67.6 Å². The number of aryl methyl sites for hydroxylation is 1. The third kappa shape index (κ3) is 3.08. The van der Waals surface area contributed by atoms with Crippen LogP contribution >= 0.6 is 0 Å². The third-order valence-electron chi connectivity index (χ3n) is 5.84. The van der Waals surface area contributed by atoms with Crippen LogP contribution in [0.4, 0.5) is 0 Å². The monoisotopic (exact) mass is 332 g/mol. The summed E-state index contributed by atoms with van der Waals surface area (Å²) in [5.74, 6) is -0.0288. The maximum Gasteiger partial charge on any atom is 0.185 e. The minimum absolute atomic E-state index is 0.0288. The molecule has 1 nitrogen and oxygen atoms in total. The number of benzene rings is 2. The Kier molecular flexibility index (Phi) is 4.23. The van der Waals surface area contributed by atoms with Crippen LogP contribution in [0, 0.1) is 6.92 Å². The Labute approximate surface area is 151 Å². The molecule has 130 valence electrons. The summed E-state index contributed by atoms with van der Waals surface area (Å²) in [5, 5.41) is 0. The second-order valence-corrected chi connectivity index (χ2v) is 8.63. The fourth-order valence-corrected chi connectivity index (χ4v) is 3.99. The highest BCUT2D eigenvalue weighted by Gasteiger charge is 2.37. The van der Waals surface area contributed by atoms with Crippen LogP contribution in [-0.4, -0.2) is 5.78 Å². The zero-order chi connectivity index (χ0) is 18.4. The van der Waals surface area contributed by atoms with E-state index in [1.807, 2.05) is 18.2 Å². The smallest absolute Gasteiger partial charge is 0.185 e. The highest BCUT2D eigenvalue weighted by atomic mass is 16.1. The van der Waals surface area contributed by atoms with E-state index in [2.05, 4.69) is 59.4 Å². The van der Waals surface area contributed by atoms with Crippen LogP contribution in [-0.2, 0) is 10.8 Å². The van der Waals surface area contributed by atoms with E-state index >= 15 is 0 Å². The Morgan fingerprint density at radius 3 is 2.20 bits per heavy atom. The Morgan fingerprint density at radius 1 is 1.00 bits per heavy atom. The van der Waals surface area contributed by atoms with Gasteiger partial charge < -0.3 is 0 Å². The number of carbonyl (C=O) groups is 1. The van der Waals surface area contributed by atoms with Crippen molar-refractivity contribution in [3.05, 3.63) is 71.3 Å². The van der Waals surface area contributed by atoms with E-state index < -0.39 is 0 Å². The molecule has 0 spiro atoms. The molecule has 0 saturated carbocycles. The molecule has 0 aliphatic heterocycles. The van der Waals surface area contributed by atoms with Gasteiger partial charge >= 0.3 is 0 Å². The second kappa shape index (κ2) is 5.98. The van der Waals surface area contributed by atoms with Crippen molar-refractivity contribution >= 4 is 5.78 Å². The van der Waals surface area contributed by atoms with E-state index in [4.69, 9.17) is 0 Å². The molecule has 0 radical (unpaired) electrons. The molecule has 3 rings (SSSR count). The Hall–Kier alpha value is -2.15. The number of rotatable bonds is 3. The first-order valence-corrected chi connectivity index (χ1v) is 9.08. The van der Waals surface area contributed by atoms with Crippen molar-refractivity contribution in [2.75, 3.05) is 0 Å². The molecule has 1 heteroatoms. The van der Waals surface area contributed by atoms with Gasteiger partial charge in [0.2, 0.25) is 0 Å². The highest BCUT2D eigenvalue weighted by Crippen LogP contribution is 2.47. The minimum atomic E-state index is -0.0288. The third-order valence-corrected chi connectivity index (χ3v) is 5.84. The maximum atomic E-state index is 12.0. The fourth-order valence-electron chi connectivity index (χ4n) is 3.99. The highest BCUT2D eigenvalue weighted by molar-refractivity contribution is 6.04. The lowest BCUT2D eigenvalue weighted by Crippen LogP contribution is -2.34. The molecule has 1 aliphatic carbocycles. The average molecular weight is 332 g/mol. The van der Waals surface area contributed by atoms with E-state index in [1.165, 1.54) is 41.2 Å². The fraction of sp³-hybridized carbons (Fsp3) is 0.375. The van der Waals surface area contributed by atoms with E-state index in [1.54, 1.807) is 0 Å². The first-order chi connectivity index (χ1) is 11.7. The zero-order valence-electron chi connectivity index (χ0n) is 16.1. The quantitative estimate of drug-likeness (QED) is 0.471. The molecule has 2 aromatic rings. The van der Waals surface area contributed by atoms with Crippen molar-refractivity contribution in [3.8, 4) is 11.1 Å². The number of ketones is 1. The summed E-state index contributed by atoms with van der Waals surface area (Å²) in [6, 6.07) is 12.6. The Morgan fingerprint density at radius 2 is 1.60 bits per heavy atom. The van der Waals surface area contributed by atoms with Crippen molar-refractivity contribution in [2.45, 2.75) is 58.3 Å². The predicted octanol–water partition coefficient (Wildman–Crippen LogP) is 6.38. The second-order valence-electron chi connectivity index (χ2n) is 8.63. The summed E-state index contributed by atoms with van der Waals surface area (Å²) in [6.07, 6.45) is 3.80. The molecule has 0 atom stereocenters. The van der Waals surface area contributed by atoms with Crippen LogP contribution in [0.25, 0.3) is 11.1 Å². The van der Waals surface area contributed by atoms with Gasteiger partial charge in [0, 0.05) is 5.56 Å². The van der Waals surface area contributed by atoms with Crippen molar-refractivity contribution in [2.24, 2.45) is 0 Å². The summed E-state index contributed by atoms with van der Waals surface area (Å²) >= 11 is 0. The van der Waals surface area contributed by atoms with E-state index in [9.17, 15) is 4.79 Å². The van der Waals surface area contributed by atoms with Gasteiger partial charge in [-0.05, 0) is 70.6 Å². The number of hydrogen-bond acceptors (Lipinski definition) is 1. The van der Waals surface area contributed by atoms with Crippen molar-refractivity contribution in [1.82, 2.24) is 0 Å². The summed E-state index contributed by atoms with van der Waals surface area (Å²) in [4.78, 5) is 12.0. The van der Waals surface area contributed by atoms with Gasteiger partial charge in [-0.2, -0.15) is 0 Å². The number of carbonyl (C=O) groups excluding carboxylic acids is 1. The van der Waals surface area contributed by atoms with Gasteiger partial charge in [0.15, 0.2) is 5.78 Å². The van der Waals surface area contributed by atoms with Crippen molar-refractivity contribution < 1.29 is 4.79 Å². The van der Waals surface area contributed by atoms with Crippen LogP contribution in [0.2, 0.25) is 0 Å². The van der Waals surface area contributed by atoms with Crippen molar-refractivity contribution in [1.29, 1.82) is 0 Å². The lowest BCUT2D eigenvalue weighted by atomic mass is 9.62. The summed E-state index contributed by atoms with van der Waals surface area (Å²) in [7, 11) is 0. The number of fused-ring (bicyclic) bond motifs is 1. The average Bonchev–Trinajstić information content (AvgIpc) is 2.58. The molecular formula is C24H28O. The topological polar surface area (TPSA) is 17.1 Å². The van der Waals surface area contributed by atoms with Gasteiger partial charge in [0.1, 0.15) is 0 Å². The summed E-state index contributed by atoms with van der Waals surface area (Å²) in [5.41, 5.74) is 7.62. The summed E-state index contributed by atoms with van der Waals surface area (Å²) in [6.45, 7) is 15.2. The van der Waals surface area contributed by atoms with Crippen LogP contribution in [0.5, 0.6) is 0 Å². The van der Waals surface area contributed by atoms with Crippen LogP contribution < -0.4 is 0 Å². The molecule has 0 saturated heterocycles. The Balaban J connectivity index is 2.20. The molecular weight excluding hydrogens is 304 g/mol. The molecule has 0 unspecified atom stereocenters. The van der Waals surface area contributed by atoms with Gasteiger partial charge in [-0.25, -0.2) is 0 Å². The maximum absolute atomic E-state index is 12.0. The van der Waals surface area contributed by atoms with Gasteiger partial charge in [0.05, 0.1) is 0 Å². The molecule has 2 aromatic carbocycles. The van der Waals surface area contributed by atoms with Gasteiger partial charge in [-0.3, -0.25) is 4.79 Å². The number of hydrogen-bond donors (Lipinski definition) is 0. The molecule has 0 N–H and O–H groups in total. The lowest BCUT2D eigenvalue weighted by molar-refractivity contribution is 0.104. The van der Waals surface area contributed by atoms with Gasteiger partial charge in [-0.15, -0.1) is 0 Å². The largest absolute Gasteiger partial charge is 0.289 e. The first-order valence-electron chi connectivity index (χ1n) is 9.08. The van der Waals surface area contributed by atoms with Gasteiger partial charge in [0.25, 0.3) is 0 Å². The summed E-state index contributed by atoms with van der Waals surface area (Å²) < 4.78 is 0. The Bertz CT molecular complexity index is 852. The molecule has 0 heterocycles. The van der Waals surface area contributed by atoms with Crippen LogP contribution in [0.15, 0.2) is 49.1 Å². The zero-order valence-corrected chi connectivity index (χ0v) is 16.1. The molecule has 0 amide bonds. The number of allylic oxidation sites excluding steroid dienone is 1. The minimum Gasteiger partial charge on any atom is -0.289 e. The SMILES string of the molecule is C=CC(=O)c1cccc(-c2cc3c(cc2C)C(C)(C)CCC3(C)C)c1. The lowest BCUT2D eigenvalue weighted by Gasteiger charge is -2.42. The van der Waals surface area contributed by atoms with Gasteiger partial charge in [-0.1, -0.05) is 64.6 Å². The van der Waals surface area contributed by atoms with E-state index in [0.717, 1.165) is 5.56 Å². The first kappa shape index (κ1) is 17.7. The predicted molar refractivity (Wildman–Crippen MR) is 106 cm³/mol. The van der Waals surface area contributed by atoms with E-state index in [-0.39, 0.29) is 16.6 Å². The van der Waals surface area contributed by atoms with Crippen molar-refractivity contribution in [3.63, 3.8) is 0 Å². The standard InChI is InChI=1S/C24H28O/c1-7-22(25)18-10-8-9-17(14-18)19-15-21-20(13-16(19)2)23(3,4)11-12-24(21,5)6/h7-10,13-15H,1,11-12H2,2-6H3. The normalized spacial score (nSPS) is 17.6. The molecule has 0 aromatic heterocycles. The van der Waals surface area contributed by atoms with E-state index in [0.29, 0.717) is 5.56 Å². The van der Waals surface area contributed by atoms with Crippen LogP contribution in [0.3, 0.4) is 0 Å². The molecule has 0 bridgehead atoms. The molecule has 25 heavy (non-hydrogen) atoms. The molecule has 1 aliphatic rings. The molecule has 0 fully saturated rings.